The molecule has 0 spiro atoms. The monoisotopic (exact) mass is 139 g/mol. The molecule has 0 bridgehead atoms. The third-order valence-electron chi connectivity index (χ3n) is 0.691. The van der Waals surface area contributed by atoms with Gasteiger partial charge in [-0.2, -0.15) is 0 Å². The number of hydrogen-bond acceptors (Lipinski definition) is 2. The molecule has 0 heterocycles. The van der Waals surface area contributed by atoms with Crippen LogP contribution < -0.4 is 0 Å². The Balaban J connectivity index is 2.82. The first-order valence-corrected chi connectivity index (χ1v) is 3.60. The first-order valence-electron chi connectivity index (χ1n) is 2.53. The van der Waals surface area contributed by atoms with Crippen LogP contribution in [0.25, 0.3) is 0 Å². The topological polar surface area (TPSA) is 26.3 Å². The molecule has 0 aliphatic carbocycles. The SMILES string of the molecule is CCCCO[P+](=O)F. The maximum absolute atomic E-state index is 11.3. The summed E-state index contributed by atoms with van der Waals surface area (Å²) in [7, 11) is -2.86. The molecule has 0 aliphatic heterocycles. The van der Waals surface area contributed by atoms with Crippen LogP contribution in [-0.2, 0) is 9.09 Å². The van der Waals surface area contributed by atoms with Crippen LogP contribution in [0.4, 0.5) is 4.20 Å². The molecular weight excluding hydrogens is 130 g/mol. The molecule has 0 aromatic carbocycles. The lowest BCUT2D eigenvalue weighted by Gasteiger charge is -1.82. The molecule has 1 atom stereocenters. The zero-order valence-electron chi connectivity index (χ0n) is 4.76. The smallest absolute Gasteiger partial charge is 0.115 e. The number of unbranched alkanes of at least 4 members (excludes halogenated alkanes) is 1. The van der Waals surface area contributed by atoms with E-state index in [4.69, 9.17) is 0 Å². The van der Waals surface area contributed by atoms with Crippen LogP contribution in [0.2, 0.25) is 0 Å². The summed E-state index contributed by atoms with van der Waals surface area (Å²) in [5.74, 6) is 0. The third-order valence-corrected chi connectivity index (χ3v) is 1.08. The van der Waals surface area contributed by atoms with Gasteiger partial charge in [-0.25, -0.2) is 0 Å². The van der Waals surface area contributed by atoms with Gasteiger partial charge in [0.1, 0.15) is 6.61 Å². The highest BCUT2D eigenvalue weighted by molar-refractivity contribution is 7.32. The van der Waals surface area contributed by atoms with Gasteiger partial charge in [0.2, 0.25) is 0 Å². The number of rotatable bonds is 4. The van der Waals surface area contributed by atoms with Crippen molar-refractivity contribution in [3.05, 3.63) is 0 Å². The van der Waals surface area contributed by atoms with Gasteiger partial charge < -0.3 is 0 Å². The van der Waals surface area contributed by atoms with Crippen molar-refractivity contribution in [3.63, 3.8) is 0 Å². The van der Waals surface area contributed by atoms with Gasteiger partial charge in [-0.05, 0) is 6.42 Å². The van der Waals surface area contributed by atoms with E-state index in [0.717, 1.165) is 12.8 Å². The molecule has 2 nitrogen and oxygen atoms in total. The maximum atomic E-state index is 11.3. The Morgan fingerprint density at radius 1 is 1.75 bits per heavy atom. The lowest BCUT2D eigenvalue weighted by Crippen LogP contribution is -1.81. The van der Waals surface area contributed by atoms with Crippen molar-refractivity contribution in [1.82, 2.24) is 0 Å². The van der Waals surface area contributed by atoms with Gasteiger partial charge in [0.15, 0.2) is 0 Å². The van der Waals surface area contributed by atoms with Crippen LogP contribution >= 0.6 is 8.34 Å². The van der Waals surface area contributed by atoms with Gasteiger partial charge in [0.05, 0.1) is 4.20 Å². The van der Waals surface area contributed by atoms with E-state index in [9.17, 15) is 8.76 Å². The predicted octanol–water partition coefficient (Wildman–Crippen LogP) is 2.43. The summed E-state index contributed by atoms with van der Waals surface area (Å²) in [6, 6.07) is 0. The van der Waals surface area contributed by atoms with Crippen molar-refractivity contribution in [1.29, 1.82) is 0 Å². The Kier molecular flexibility index (Phi) is 5.13. The van der Waals surface area contributed by atoms with Gasteiger partial charge in [-0.1, -0.05) is 13.3 Å². The first-order chi connectivity index (χ1) is 3.77. The van der Waals surface area contributed by atoms with Crippen LogP contribution in [0.5, 0.6) is 0 Å². The van der Waals surface area contributed by atoms with E-state index >= 15 is 0 Å². The van der Waals surface area contributed by atoms with Crippen LogP contribution in [-0.4, -0.2) is 6.61 Å². The van der Waals surface area contributed by atoms with Gasteiger partial charge in [-0.15, -0.1) is 4.52 Å². The fraction of sp³-hybridized carbons (Fsp3) is 1.00. The summed E-state index contributed by atoms with van der Waals surface area (Å²) in [4.78, 5) is 0. The molecular formula is C4H9FO2P+. The summed E-state index contributed by atoms with van der Waals surface area (Å²) in [6.45, 7) is 2.22. The van der Waals surface area contributed by atoms with Crippen molar-refractivity contribution in [3.8, 4) is 0 Å². The molecule has 0 aliphatic rings. The molecule has 4 heteroatoms. The molecule has 8 heavy (non-hydrogen) atoms. The minimum atomic E-state index is -2.86. The highest BCUT2D eigenvalue weighted by Crippen LogP contribution is 2.22. The molecule has 0 saturated carbocycles. The third kappa shape index (κ3) is 5.99. The molecule has 0 aromatic heterocycles. The number of halogens is 1. The van der Waals surface area contributed by atoms with Gasteiger partial charge >= 0.3 is 8.34 Å². The van der Waals surface area contributed by atoms with Crippen molar-refractivity contribution in [2.45, 2.75) is 19.8 Å². The average molecular weight is 139 g/mol. The van der Waals surface area contributed by atoms with Crippen molar-refractivity contribution in [2.24, 2.45) is 0 Å². The largest absolute Gasteiger partial charge is 0.746 e. The molecule has 0 radical (unpaired) electrons. The highest BCUT2D eigenvalue weighted by Gasteiger charge is 2.13. The quantitative estimate of drug-likeness (QED) is 0.441. The van der Waals surface area contributed by atoms with E-state index < -0.39 is 8.34 Å². The second-order valence-electron chi connectivity index (χ2n) is 1.40. The van der Waals surface area contributed by atoms with Crippen molar-refractivity contribution in [2.75, 3.05) is 6.61 Å². The fourth-order valence-electron chi connectivity index (χ4n) is 0.281. The zero-order valence-corrected chi connectivity index (χ0v) is 5.66. The minimum absolute atomic E-state index is 0.266. The summed E-state index contributed by atoms with van der Waals surface area (Å²) >= 11 is 0. The van der Waals surface area contributed by atoms with E-state index in [1.807, 2.05) is 6.92 Å². The molecule has 0 rings (SSSR count). The highest BCUT2D eigenvalue weighted by atomic mass is 31.2. The summed E-state index contributed by atoms with van der Waals surface area (Å²) in [5, 5.41) is 0. The van der Waals surface area contributed by atoms with Crippen LogP contribution in [0.15, 0.2) is 0 Å². The van der Waals surface area contributed by atoms with Crippen LogP contribution in [0.3, 0.4) is 0 Å². The Morgan fingerprint density at radius 2 is 2.38 bits per heavy atom. The molecule has 0 amide bonds. The molecule has 0 aromatic rings. The standard InChI is InChI=1S/C4H9FO2P/c1-2-3-4-7-8(5)6/h2-4H2,1H3/q+1. The van der Waals surface area contributed by atoms with Crippen molar-refractivity contribution < 1.29 is 13.3 Å². The van der Waals surface area contributed by atoms with E-state index in [-0.39, 0.29) is 6.61 Å². The Hall–Kier alpha value is -0.0100. The first kappa shape index (κ1) is 7.99. The Labute approximate surface area is 49.0 Å². The van der Waals surface area contributed by atoms with E-state index in [1.165, 1.54) is 0 Å². The molecule has 0 saturated heterocycles. The predicted molar refractivity (Wildman–Crippen MR) is 29.6 cm³/mol. The molecule has 0 N–H and O–H groups in total. The van der Waals surface area contributed by atoms with Gasteiger partial charge in [0, 0.05) is 4.57 Å². The molecule has 0 fully saturated rings. The minimum Gasteiger partial charge on any atom is -0.115 e. The van der Waals surface area contributed by atoms with Crippen LogP contribution in [0, 0.1) is 0 Å². The second-order valence-corrected chi connectivity index (χ2v) is 2.08. The molecule has 48 valence electrons. The van der Waals surface area contributed by atoms with E-state index in [0.29, 0.717) is 0 Å². The average Bonchev–Trinajstić information content (AvgIpc) is 1.66. The van der Waals surface area contributed by atoms with E-state index in [2.05, 4.69) is 4.52 Å². The zero-order chi connectivity index (χ0) is 6.41. The maximum Gasteiger partial charge on any atom is 0.746 e. The lowest BCUT2D eigenvalue weighted by atomic mass is 10.4. The molecule has 1 unspecified atom stereocenters. The second kappa shape index (κ2) is 5.13. The Morgan fingerprint density at radius 3 is 2.75 bits per heavy atom. The summed E-state index contributed by atoms with van der Waals surface area (Å²) in [6.07, 6.45) is 1.70. The van der Waals surface area contributed by atoms with Crippen LogP contribution in [0.1, 0.15) is 19.8 Å². The summed E-state index contributed by atoms with van der Waals surface area (Å²) < 4.78 is 25.0. The normalized spacial score (nSPS) is 11.5. The summed E-state index contributed by atoms with van der Waals surface area (Å²) in [5.41, 5.74) is 0. The lowest BCUT2D eigenvalue weighted by molar-refractivity contribution is 0.299. The van der Waals surface area contributed by atoms with Gasteiger partial charge in [-0.3, -0.25) is 0 Å². The Bertz CT molecular complexity index is 76.4. The fourth-order valence-corrected chi connectivity index (χ4v) is 0.553. The number of hydrogen-bond donors (Lipinski definition) is 0. The van der Waals surface area contributed by atoms with E-state index in [1.54, 1.807) is 0 Å². The van der Waals surface area contributed by atoms with Crippen molar-refractivity contribution >= 4 is 8.34 Å². The van der Waals surface area contributed by atoms with Gasteiger partial charge in [0.25, 0.3) is 0 Å².